The lowest BCUT2D eigenvalue weighted by molar-refractivity contribution is 0.628. The first-order chi connectivity index (χ1) is 7.33. The van der Waals surface area contributed by atoms with E-state index in [1.54, 1.807) is 18.3 Å². The molecule has 0 aliphatic carbocycles. The van der Waals surface area contributed by atoms with Gasteiger partial charge in [-0.25, -0.2) is 13.9 Å². The van der Waals surface area contributed by atoms with Crippen LogP contribution in [0.3, 0.4) is 0 Å². The van der Waals surface area contributed by atoms with Crippen molar-refractivity contribution in [2.45, 2.75) is 0 Å². The van der Waals surface area contributed by atoms with Crippen LogP contribution in [0.4, 0.5) is 4.39 Å². The molecule has 3 rings (SSSR count). The van der Waals surface area contributed by atoms with Gasteiger partial charge >= 0.3 is 0 Å². The van der Waals surface area contributed by atoms with Crippen molar-refractivity contribution in [2.75, 3.05) is 0 Å². The fraction of sp³-hybridized carbons (Fsp3) is 0. The van der Waals surface area contributed by atoms with Crippen LogP contribution in [0, 0.1) is 5.82 Å². The average molecular weight is 201 g/mol. The molecule has 3 nitrogen and oxygen atoms in total. The molecule has 4 heteroatoms. The van der Waals surface area contributed by atoms with Gasteiger partial charge in [-0.3, -0.25) is 5.10 Å². The van der Waals surface area contributed by atoms with Crippen LogP contribution in [0.1, 0.15) is 0 Å². The number of nitrogens with zero attached hydrogens (tertiary/aromatic N) is 2. The second kappa shape index (κ2) is 2.95. The van der Waals surface area contributed by atoms with Gasteiger partial charge in [-0.2, -0.15) is 0 Å². The van der Waals surface area contributed by atoms with Crippen molar-refractivity contribution in [3.8, 4) is 11.3 Å². The summed E-state index contributed by atoms with van der Waals surface area (Å²) in [7, 11) is 0. The largest absolute Gasteiger partial charge is 0.292 e. The Kier molecular flexibility index (Phi) is 1.62. The van der Waals surface area contributed by atoms with Crippen LogP contribution < -0.4 is 0 Å². The Morgan fingerprint density at radius 3 is 2.73 bits per heavy atom. The van der Waals surface area contributed by atoms with Gasteiger partial charge < -0.3 is 0 Å². The Morgan fingerprint density at radius 1 is 1.20 bits per heavy atom. The molecule has 0 spiro atoms. The highest BCUT2D eigenvalue weighted by Crippen LogP contribution is 2.19. The van der Waals surface area contributed by atoms with Crippen molar-refractivity contribution >= 4 is 5.65 Å². The second-order valence-corrected chi connectivity index (χ2v) is 3.33. The number of nitrogens with one attached hydrogen (secondary N) is 1. The van der Waals surface area contributed by atoms with Crippen molar-refractivity contribution in [2.24, 2.45) is 0 Å². The van der Waals surface area contributed by atoms with Crippen LogP contribution >= 0.6 is 0 Å². The van der Waals surface area contributed by atoms with Gasteiger partial charge in [0, 0.05) is 18.5 Å². The molecule has 0 radical (unpaired) electrons. The van der Waals surface area contributed by atoms with Crippen LogP contribution in [0.15, 0.2) is 42.7 Å². The van der Waals surface area contributed by atoms with E-state index < -0.39 is 0 Å². The van der Waals surface area contributed by atoms with Crippen molar-refractivity contribution < 1.29 is 4.39 Å². The van der Waals surface area contributed by atoms with E-state index in [0.717, 1.165) is 16.9 Å². The molecular weight excluding hydrogens is 193 g/mol. The third-order valence-corrected chi connectivity index (χ3v) is 2.34. The van der Waals surface area contributed by atoms with Gasteiger partial charge in [-0.15, -0.1) is 0 Å². The summed E-state index contributed by atoms with van der Waals surface area (Å²) in [6, 6.07) is 8.28. The molecule has 0 atom stereocenters. The first kappa shape index (κ1) is 8.23. The first-order valence-electron chi connectivity index (χ1n) is 4.61. The Hall–Kier alpha value is -2.10. The quantitative estimate of drug-likeness (QED) is 0.644. The molecule has 0 saturated carbocycles. The summed E-state index contributed by atoms with van der Waals surface area (Å²) in [4.78, 5) is 4.14. The van der Waals surface area contributed by atoms with Gasteiger partial charge in [0.15, 0.2) is 5.65 Å². The molecule has 3 aromatic rings. The number of aromatic amines is 1. The Bertz CT molecular complexity index is 563. The van der Waals surface area contributed by atoms with E-state index in [-0.39, 0.29) is 5.82 Å². The van der Waals surface area contributed by atoms with Gasteiger partial charge in [0.05, 0.1) is 5.69 Å². The molecule has 0 bridgehead atoms. The van der Waals surface area contributed by atoms with Crippen molar-refractivity contribution in [3.05, 3.63) is 48.5 Å². The number of H-pyrrole nitrogens is 1. The second-order valence-electron chi connectivity index (χ2n) is 3.33. The molecule has 1 N–H and O–H groups in total. The predicted octanol–water partition coefficient (Wildman–Crippen LogP) is 2.47. The van der Waals surface area contributed by atoms with Crippen LogP contribution in [-0.4, -0.2) is 14.6 Å². The number of imidazole rings is 1. The molecule has 0 unspecified atom stereocenters. The topological polar surface area (TPSA) is 33.1 Å². The molecule has 0 aliphatic heterocycles. The van der Waals surface area contributed by atoms with Crippen molar-refractivity contribution in [1.82, 2.24) is 14.6 Å². The Morgan fingerprint density at radius 2 is 2.00 bits per heavy atom. The van der Waals surface area contributed by atoms with Crippen LogP contribution in [-0.2, 0) is 0 Å². The fourth-order valence-corrected chi connectivity index (χ4v) is 1.58. The number of rotatable bonds is 1. The minimum Gasteiger partial charge on any atom is -0.292 e. The van der Waals surface area contributed by atoms with Gasteiger partial charge in [-0.1, -0.05) is 0 Å². The summed E-state index contributed by atoms with van der Waals surface area (Å²) < 4.78 is 14.5. The van der Waals surface area contributed by atoms with E-state index >= 15 is 0 Å². The number of halogens is 1. The molecule has 0 saturated heterocycles. The van der Waals surface area contributed by atoms with E-state index in [1.165, 1.54) is 12.1 Å². The zero-order valence-corrected chi connectivity index (χ0v) is 7.81. The first-order valence-corrected chi connectivity index (χ1v) is 4.61. The summed E-state index contributed by atoms with van der Waals surface area (Å²) in [5, 5.41) is 3.14. The van der Waals surface area contributed by atoms with Crippen molar-refractivity contribution in [1.29, 1.82) is 0 Å². The van der Waals surface area contributed by atoms with E-state index in [4.69, 9.17) is 0 Å². The number of aromatic nitrogens is 3. The van der Waals surface area contributed by atoms with Crippen LogP contribution in [0.25, 0.3) is 16.9 Å². The zero-order chi connectivity index (χ0) is 10.3. The molecule has 1 aromatic carbocycles. The van der Waals surface area contributed by atoms with Gasteiger partial charge in [0.1, 0.15) is 5.82 Å². The average Bonchev–Trinajstić information content (AvgIpc) is 2.78. The summed E-state index contributed by atoms with van der Waals surface area (Å²) in [5.74, 6) is -0.227. The van der Waals surface area contributed by atoms with Gasteiger partial charge in [0.2, 0.25) is 0 Å². The molecule has 0 fully saturated rings. The summed E-state index contributed by atoms with van der Waals surface area (Å²) >= 11 is 0. The smallest absolute Gasteiger partial charge is 0.153 e. The standard InChI is InChI=1S/C11H8FN3/c12-9-3-1-8(2-4-9)10-7-11-13-5-6-15(11)14-10/h1-7,14H. The summed E-state index contributed by atoms with van der Waals surface area (Å²) in [6.45, 7) is 0. The van der Waals surface area contributed by atoms with Crippen LogP contribution in [0.5, 0.6) is 0 Å². The van der Waals surface area contributed by atoms with E-state index in [9.17, 15) is 4.39 Å². The Labute approximate surface area is 85.2 Å². The normalized spacial score (nSPS) is 11.0. The van der Waals surface area contributed by atoms with Crippen LogP contribution in [0.2, 0.25) is 0 Å². The number of benzene rings is 1. The van der Waals surface area contributed by atoms with E-state index in [2.05, 4.69) is 10.1 Å². The predicted molar refractivity (Wildman–Crippen MR) is 54.9 cm³/mol. The highest BCUT2D eigenvalue weighted by atomic mass is 19.1. The molecule has 74 valence electrons. The van der Waals surface area contributed by atoms with E-state index in [1.807, 2.05) is 16.8 Å². The molecule has 0 aliphatic rings. The van der Waals surface area contributed by atoms with Gasteiger partial charge in [-0.05, 0) is 29.8 Å². The molecular formula is C11H8FN3. The zero-order valence-electron chi connectivity index (χ0n) is 7.81. The third kappa shape index (κ3) is 1.30. The minimum atomic E-state index is -0.227. The molecule has 2 aromatic heterocycles. The lowest BCUT2D eigenvalue weighted by Gasteiger charge is -1.96. The van der Waals surface area contributed by atoms with Gasteiger partial charge in [0.25, 0.3) is 0 Å². The fourth-order valence-electron chi connectivity index (χ4n) is 1.58. The summed E-state index contributed by atoms with van der Waals surface area (Å²) in [5.41, 5.74) is 2.73. The Balaban J connectivity index is 2.13. The number of hydrogen-bond donors (Lipinski definition) is 1. The maximum absolute atomic E-state index is 12.7. The summed E-state index contributed by atoms with van der Waals surface area (Å²) in [6.07, 6.45) is 3.56. The number of hydrogen-bond acceptors (Lipinski definition) is 1. The van der Waals surface area contributed by atoms with E-state index in [0.29, 0.717) is 0 Å². The maximum atomic E-state index is 12.7. The highest BCUT2D eigenvalue weighted by Gasteiger charge is 2.03. The molecule has 15 heavy (non-hydrogen) atoms. The monoisotopic (exact) mass is 201 g/mol. The third-order valence-electron chi connectivity index (χ3n) is 2.34. The molecule has 0 amide bonds. The lowest BCUT2D eigenvalue weighted by Crippen LogP contribution is -1.82. The minimum absolute atomic E-state index is 0.227. The molecule has 2 heterocycles. The lowest BCUT2D eigenvalue weighted by atomic mass is 10.1. The SMILES string of the molecule is Fc1ccc(-c2cc3nccn3[nH]2)cc1. The van der Waals surface area contributed by atoms with Crippen molar-refractivity contribution in [3.63, 3.8) is 0 Å². The number of fused-ring (bicyclic) bond motifs is 1. The maximum Gasteiger partial charge on any atom is 0.153 e. The highest BCUT2D eigenvalue weighted by molar-refractivity contribution is 5.63.